The van der Waals surface area contributed by atoms with E-state index in [1.54, 1.807) is 32.4 Å². The molecular formula is C27H29N3O3. The molecule has 0 spiro atoms. The van der Waals surface area contributed by atoms with E-state index in [9.17, 15) is 4.79 Å². The highest BCUT2D eigenvalue weighted by molar-refractivity contribution is 5.95. The summed E-state index contributed by atoms with van der Waals surface area (Å²) >= 11 is 0. The Morgan fingerprint density at radius 3 is 2.33 bits per heavy atom. The molecule has 0 fully saturated rings. The Bertz CT molecular complexity index is 1250. The van der Waals surface area contributed by atoms with Crippen molar-refractivity contribution < 1.29 is 14.3 Å². The largest absolute Gasteiger partial charge is 0.493 e. The van der Waals surface area contributed by atoms with Crippen molar-refractivity contribution in [3.8, 4) is 11.5 Å². The Morgan fingerprint density at radius 1 is 0.939 bits per heavy atom. The summed E-state index contributed by atoms with van der Waals surface area (Å²) in [7, 11) is 3.13. The molecule has 0 radical (unpaired) electrons. The van der Waals surface area contributed by atoms with Crippen LogP contribution in [0.4, 0.5) is 0 Å². The fourth-order valence-corrected chi connectivity index (χ4v) is 4.01. The van der Waals surface area contributed by atoms with Crippen LogP contribution in [-0.2, 0) is 6.54 Å². The lowest BCUT2D eigenvalue weighted by Gasteiger charge is -2.22. The summed E-state index contributed by atoms with van der Waals surface area (Å²) in [5, 5.41) is 3.21. The van der Waals surface area contributed by atoms with Gasteiger partial charge in [-0.2, -0.15) is 0 Å². The van der Waals surface area contributed by atoms with Gasteiger partial charge >= 0.3 is 0 Å². The summed E-state index contributed by atoms with van der Waals surface area (Å²) in [4.78, 5) is 18.3. The van der Waals surface area contributed by atoms with Gasteiger partial charge in [-0.1, -0.05) is 56.3 Å². The van der Waals surface area contributed by atoms with Gasteiger partial charge in [0.25, 0.3) is 5.91 Å². The van der Waals surface area contributed by atoms with Crippen LogP contribution in [0.5, 0.6) is 11.5 Å². The summed E-state index contributed by atoms with van der Waals surface area (Å²) in [6.07, 6.45) is 0. The van der Waals surface area contributed by atoms with Crippen molar-refractivity contribution in [1.29, 1.82) is 0 Å². The molecule has 0 aliphatic heterocycles. The van der Waals surface area contributed by atoms with E-state index in [0.29, 0.717) is 23.0 Å². The molecule has 6 heteroatoms. The Morgan fingerprint density at radius 2 is 1.64 bits per heavy atom. The van der Waals surface area contributed by atoms with E-state index < -0.39 is 6.04 Å². The Labute approximate surface area is 194 Å². The van der Waals surface area contributed by atoms with E-state index in [0.717, 1.165) is 29.0 Å². The maximum atomic E-state index is 13.4. The number of fused-ring (bicyclic) bond motifs is 1. The van der Waals surface area contributed by atoms with E-state index in [2.05, 4.69) is 29.8 Å². The monoisotopic (exact) mass is 443 g/mol. The van der Waals surface area contributed by atoms with Crippen molar-refractivity contribution in [3.05, 3.63) is 89.7 Å². The minimum Gasteiger partial charge on any atom is -0.493 e. The first-order chi connectivity index (χ1) is 16.0. The van der Waals surface area contributed by atoms with Crippen LogP contribution in [0.25, 0.3) is 11.0 Å². The molecule has 170 valence electrons. The van der Waals surface area contributed by atoms with E-state index >= 15 is 0 Å². The van der Waals surface area contributed by atoms with Crippen molar-refractivity contribution in [2.75, 3.05) is 14.2 Å². The number of nitrogens with zero attached hydrogens (tertiary/aromatic N) is 2. The quantitative estimate of drug-likeness (QED) is 0.405. The molecule has 0 aliphatic carbocycles. The second-order valence-corrected chi connectivity index (χ2v) is 8.35. The number of aromatic nitrogens is 2. The highest BCUT2D eigenvalue weighted by atomic mass is 16.5. The zero-order chi connectivity index (χ0) is 23.4. The average molecular weight is 444 g/mol. The molecule has 4 rings (SSSR count). The minimum atomic E-state index is -0.419. The van der Waals surface area contributed by atoms with Gasteiger partial charge in [0.15, 0.2) is 11.5 Å². The van der Waals surface area contributed by atoms with E-state index in [1.165, 1.54) is 0 Å². The standard InChI is InChI=1S/C27H29N3O3/c1-18(2)17-30-22-13-9-8-12-21(22)28-26(30)25(19-10-6-5-7-11-19)29-27(31)20-14-15-23(32-3)24(16-20)33-4/h5-16,18,25H,17H2,1-4H3,(H,29,31)/t25-/m1/s1. The molecule has 1 atom stereocenters. The van der Waals surface area contributed by atoms with Crippen molar-refractivity contribution in [2.24, 2.45) is 5.92 Å². The van der Waals surface area contributed by atoms with Gasteiger partial charge in [-0.3, -0.25) is 4.79 Å². The Balaban J connectivity index is 1.79. The molecule has 3 aromatic carbocycles. The third-order valence-electron chi connectivity index (χ3n) is 5.54. The van der Waals surface area contributed by atoms with Crippen molar-refractivity contribution in [1.82, 2.24) is 14.9 Å². The summed E-state index contributed by atoms with van der Waals surface area (Å²) in [6.45, 7) is 5.15. The van der Waals surface area contributed by atoms with Gasteiger partial charge in [0, 0.05) is 12.1 Å². The highest BCUT2D eigenvalue weighted by Gasteiger charge is 2.25. The topological polar surface area (TPSA) is 65.4 Å². The van der Waals surface area contributed by atoms with Crippen molar-refractivity contribution in [2.45, 2.75) is 26.4 Å². The fraction of sp³-hybridized carbons (Fsp3) is 0.259. The first-order valence-corrected chi connectivity index (χ1v) is 11.0. The molecule has 0 saturated heterocycles. The van der Waals surface area contributed by atoms with Crippen molar-refractivity contribution in [3.63, 3.8) is 0 Å². The Hall–Kier alpha value is -3.80. The van der Waals surface area contributed by atoms with Crippen LogP contribution in [0.15, 0.2) is 72.8 Å². The second-order valence-electron chi connectivity index (χ2n) is 8.35. The number of methoxy groups -OCH3 is 2. The number of para-hydroxylation sites is 2. The number of hydrogen-bond acceptors (Lipinski definition) is 4. The average Bonchev–Trinajstić information content (AvgIpc) is 3.19. The number of carbonyl (C=O) groups is 1. The molecule has 1 heterocycles. The number of hydrogen-bond donors (Lipinski definition) is 1. The molecule has 1 amide bonds. The van der Waals surface area contributed by atoms with Crippen LogP contribution in [0.3, 0.4) is 0 Å². The fourth-order valence-electron chi connectivity index (χ4n) is 4.01. The maximum Gasteiger partial charge on any atom is 0.252 e. The van der Waals surface area contributed by atoms with Crippen molar-refractivity contribution >= 4 is 16.9 Å². The van der Waals surface area contributed by atoms with E-state index in [1.807, 2.05) is 48.5 Å². The molecule has 33 heavy (non-hydrogen) atoms. The third-order valence-corrected chi connectivity index (χ3v) is 5.54. The number of carbonyl (C=O) groups excluding carboxylic acids is 1. The predicted octanol–water partition coefficient (Wildman–Crippen LogP) is 5.23. The number of benzene rings is 3. The number of rotatable bonds is 8. The highest BCUT2D eigenvalue weighted by Crippen LogP contribution is 2.30. The van der Waals surface area contributed by atoms with Crippen LogP contribution < -0.4 is 14.8 Å². The van der Waals surface area contributed by atoms with Crippen LogP contribution in [0.2, 0.25) is 0 Å². The normalized spacial score (nSPS) is 12.0. The maximum absolute atomic E-state index is 13.4. The van der Waals surface area contributed by atoms with Crippen LogP contribution in [0, 0.1) is 5.92 Å². The minimum absolute atomic E-state index is 0.215. The molecule has 1 aromatic heterocycles. The van der Waals surface area contributed by atoms with Crippen LogP contribution in [-0.4, -0.2) is 29.7 Å². The number of nitrogens with one attached hydrogen (secondary N) is 1. The molecule has 0 saturated carbocycles. The lowest BCUT2D eigenvalue weighted by Crippen LogP contribution is -2.31. The van der Waals surface area contributed by atoms with Gasteiger partial charge in [-0.05, 0) is 41.8 Å². The summed E-state index contributed by atoms with van der Waals surface area (Å²) in [6, 6.07) is 22.8. The molecule has 0 bridgehead atoms. The molecule has 0 aliphatic rings. The van der Waals surface area contributed by atoms with E-state index in [-0.39, 0.29) is 5.91 Å². The van der Waals surface area contributed by atoms with E-state index in [4.69, 9.17) is 14.5 Å². The lowest BCUT2D eigenvalue weighted by molar-refractivity contribution is 0.0940. The first-order valence-electron chi connectivity index (χ1n) is 11.0. The third kappa shape index (κ3) is 4.70. The lowest BCUT2D eigenvalue weighted by atomic mass is 10.0. The number of amides is 1. The molecule has 0 unspecified atom stereocenters. The zero-order valence-electron chi connectivity index (χ0n) is 19.4. The van der Waals surface area contributed by atoms with Gasteiger partial charge in [0.1, 0.15) is 11.9 Å². The zero-order valence-corrected chi connectivity index (χ0v) is 19.4. The van der Waals surface area contributed by atoms with Crippen LogP contribution >= 0.6 is 0 Å². The number of ether oxygens (including phenoxy) is 2. The summed E-state index contributed by atoms with van der Waals surface area (Å²) in [5.41, 5.74) is 3.42. The van der Waals surface area contributed by atoms with Gasteiger partial charge in [-0.25, -0.2) is 4.98 Å². The summed E-state index contributed by atoms with van der Waals surface area (Å²) in [5.74, 6) is 2.10. The molecule has 6 nitrogen and oxygen atoms in total. The van der Waals surface area contributed by atoms with Gasteiger partial charge in [0.05, 0.1) is 25.3 Å². The molecule has 4 aromatic rings. The predicted molar refractivity (Wildman–Crippen MR) is 130 cm³/mol. The van der Waals surface area contributed by atoms with Gasteiger partial charge in [0.2, 0.25) is 0 Å². The second kappa shape index (κ2) is 9.77. The van der Waals surface area contributed by atoms with Gasteiger partial charge < -0.3 is 19.4 Å². The smallest absolute Gasteiger partial charge is 0.252 e. The summed E-state index contributed by atoms with van der Waals surface area (Å²) < 4.78 is 12.9. The Kier molecular flexibility index (Phi) is 6.63. The number of imidazole rings is 1. The van der Waals surface area contributed by atoms with Crippen LogP contribution in [0.1, 0.15) is 41.6 Å². The van der Waals surface area contributed by atoms with Gasteiger partial charge in [-0.15, -0.1) is 0 Å². The molecule has 1 N–H and O–H groups in total. The SMILES string of the molecule is COc1ccc(C(=O)N[C@H](c2ccccc2)c2nc3ccccc3n2CC(C)C)cc1OC. The molecular weight excluding hydrogens is 414 g/mol. The first kappa shape index (κ1) is 22.4.